The third kappa shape index (κ3) is 3.21. The molecule has 166 valence electrons. The van der Waals surface area contributed by atoms with E-state index in [0.29, 0.717) is 16.0 Å². The monoisotopic (exact) mass is 437 g/mol. The second-order valence-electron chi connectivity index (χ2n) is 11.3. The van der Waals surface area contributed by atoms with Crippen LogP contribution in [0.15, 0.2) is 6.07 Å². The third-order valence-corrected chi connectivity index (χ3v) is 10.4. The van der Waals surface area contributed by atoms with Crippen molar-refractivity contribution < 1.29 is 4.79 Å². The number of hydrogen-bond acceptors (Lipinski definition) is 4. The number of nitrogens with one attached hydrogen (secondary N) is 1. The molecule has 2 aromatic rings. The van der Waals surface area contributed by atoms with E-state index in [9.17, 15) is 4.79 Å². The normalized spacial score (nSPS) is 34.6. The van der Waals surface area contributed by atoms with Crippen molar-refractivity contribution in [3.05, 3.63) is 22.2 Å². The first-order valence-electron chi connectivity index (χ1n) is 12.5. The van der Waals surface area contributed by atoms with Gasteiger partial charge in [-0.05, 0) is 105 Å². The zero-order valence-corrected chi connectivity index (χ0v) is 19.7. The number of hydrogen-bond donors (Lipinski definition) is 2. The summed E-state index contributed by atoms with van der Waals surface area (Å²) >= 11 is 1.48. The molecule has 4 saturated carbocycles. The molecule has 31 heavy (non-hydrogen) atoms. The Morgan fingerprint density at radius 1 is 1.26 bits per heavy atom. The van der Waals surface area contributed by atoms with Gasteiger partial charge in [-0.1, -0.05) is 13.3 Å². The molecule has 0 aromatic carbocycles. The van der Waals surface area contributed by atoms with E-state index >= 15 is 0 Å². The molecular weight excluding hydrogens is 402 g/mol. The molecule has 4 nitrogen and oxygen atoms in total. The lowest BCUT2D eigenvalue weighted by atomic mass is 9.48. The Kier molecular flexibility index (Phi) is 4.65. The smallest absolute Gasteiger partial charge is 0.263 e. The van der Waals surface area contributed by atoms with Crippen LogP contribution < -0.4 is 11.1 Å². The Morgan fingerprint density at radius 2 is 1.94 bits per heavy atom. The van der Waals surface area contributed by atoms with Crippen LogP contribution in [-0.4, -0.2) is 16.9 Å². The summed E-state index contributed by atoms with van der Waals surface area (Å²) in [5.74, 6) is 3.43. The maximum Gasteiger partial charge on any atom is 0.263 e. The molecule has 0 saturated heterocycles. The number of anilines is 1. The van der Waals surface area contributed by atoms with Gasteiger partial charge in [0.2, 0.25) is 0 Å². The Labute approximate surface area is 189 Å². The van der Waals surface area contributed by atoms with E-state index in [2.05, 4.69) is 25.2 Å². The molecule has 4 fully saturated rings. The van der Waals surface area contributed by atoms with Gasteiger partial charge in [0, 0.05) is 17.1 Å². The van der Waals surface area contributed by atoms with Crippen molar-refractivity contribution in [2.45, 2.75) is 84.1 Å². The standard InChI is InChI=1S/C26H35N3OS/c1-3-15-4-5-21-19(9-15)10-20-22(27)23(31-25(20)29-21)24(30)28-14(2)26-11-16-6-17(12-26)8-18(7-16)13-26/h10,14-18H,3-9,11-13,27H2,1-2H3,(H,28,30)/t14-,15+,16?,17?,18?,26?/m1/s1. The predicted octanol–water partition coefficient (Wildman–Crippen LogP) is 5.73. The van der Waals surface area contributed by atoms with Crippen LogP contribution in [0.25, 0.3) is 10.2 Å². The fourth-order valence-electron chi connectivity index (χ4n) is 7.91. The Balaban J connectivity index is 1.25. The fraction of sp³-hybridized carbons (Fsp3) is 0.692. The minimum atomic E-state index is 0.00755. The van der Waals surface area contributed by atoms with E-state index in [1.54, 1.807) is 0 Å². The van der Waals surface area contributed by atoms with Crippen molar-refractivity contribution in [1.82, 2.24) is 10.3 Å². The summed E-state index contributed by atoms with van der Waals surface area (Å²) in [5, 5.41) is 4.38. The van der Waals surface area contributed by atoms with Gasteiger partial charge in [-0.2, -0.15) is 0 Å². The molecule has 2 atom stereocenters. The quantitative estimate of drug-likeness (QED) is 0.642. The Bertz CT molecular complexity index is 1010. The maximum absolute atomic E-state index is 13.3. The van der Waals surface area contributed by atoms with Crippen molar-refractivity contribution in [1.29, 1.82) is 0 Å². The van der Waals surface area contributed by atoms with Gasteiger partial charge < -0.3 is 11.1 Å². The lowest BCUT2D eigenvalue weighted by Gasteiger charge is -2.59. The van der Waals surface area contributed by atoms with Crippen molar-refractivity contribution in [2.24, 2.45) is 29.1 Å². The number of amides is 1. The highest BCUT2D eigenvalue weighted by molar-refractivity contribution is 7.21. The van der Waals surface area contributed by atoms with E-state index in [1.165, 1.54) is 74.0 Å². The summed E-state index contributed by atoms with van der Waals surface area (Å²) in [4.78, 5) is 19.9. The molecule has 5 aliphatic carbocycles. The summed E-state index contributed by atoms with van der Waals surface area (Å²) in [6.07, 6.45) is 12.8. The van der Waals surface area contributed by atoms with E-state index in [0.717, 1.165) is 46.7 Å². The second-order valence-corrected chi connectivity index (χ2v) is 12.3. The Hall–Kier alpha value is -1.62. The number of carbonyl (C=O) groups excluding carboxylic acids is 1. The molecule has 2 heterocycles. The number of nitrogens with two attached hydrogens (primary N) is 1. The van der Waals surface area contributed by atoms with E-state index in [-0.39, 0.29) is 11.9 Å². The lowest BCUT2D eigenvalue weighted by Crippen LogP contribution is -2.55. The second kappa shape index (κ2) is 7.19. The number of carbonyl (C=O) groups is 1. The molecule has 7 rings (SSSR count). The highest BCUT2D eigenvalue weighted by Gasteiger charge is 2.53. The van der Waals surface area contributed by atoms with Gasteiger partial charge in [0.05, 0.1) is 5.69 Å². The number of pyridine rings is 1. The van der Waals surface area contributed by atoms with Crippen LogP contribution in [-0.2, 0) is 12.8 Å². The highest BCUT2D eigenvalue weighted by atomic mass is 32.1. The fourth-order valence-corrected chi connectivity index (χ4v) is 8.91. The average Bonchev–Trinajstić information content (AvgIpc) is 3.06. The SMILES string of the molecule is CC[C@H]1CCc2nc3sc(C(=O)N[C@H](C)C45CC6CC(CC(C6)C4)C5)c(N)c3cc2C1. The van der Waals surface area contributed by atoms with Crippen LogP contribution in [0.1, 0.15) is 86.1 Å². The van der Waals surface area contributed by atoms with Crippen LogP contribution >= 0.6 is 11.3 Å². The third-order valence-electron chi connectivity index (χ3n) is 9.32. The zero-order valence-electron chi connectivity index (χ0n) is 18.9. The molecule has 2 aromatic heterocycles. The van der Waals surface area contributed by atoms with Gasteiger partial charge in [0.1, 0.15) is 9.71 Å². The Morgan fingerprint density at radius 3 is 2.58 bits per heavy atom. The molecule has 0 unspecified atom stereocenters. The highest BCUT2D eigenvalue weighted by Crippen LogP contribution is 2.61. The van der Waals surface area contributed by atoms with Gasteiger partial charge in [-0.25, -0.2) is 4.98 Å². The number of aromatic nitrogens is 1. The van der Waals surface area contributed by atoms with Crippen LogP contribution in [0, 0.1) is 29.1 Å². The lowest BCUT2D eigenvalue weighted by molar-refractivity contribution is -0.0687. The van der Waals surface area contributed by atoms with Gasteiger partial charge in [-0.3, -0.25) is 4.79 Å². The summed E-state index contributed by atoms with van der Waals surface area (Å²) in [6, 6.07) is 2.44. The first-order chi connectivity index (χ1) is 14.9. The number of nitrogen functional groups attached to an aromatic ring is 1. The van der Waals surface area contributed by atoms with Gasteiger partial charge >= 0.3 is 0 Å². The van der Waals surface area contributed by atoms with E-state index in [1.807, 2.05) is 0 Å². The molecule has 5 heteroatoms. The average molecular weight is 438 g/mol. The number of thiophene rings is 1. The molecule has 0 aliphatic heterocycles. The molecule has 5 aliphatic rings. The van der Waals surface area contributed by atoms with Gasteiger partial charge in [0.25, 0.3) is 5.91 Å². The van der Waals surface area contributed by atoms with Crippen LogP contribution in [0.2, 0.25) is 0 Å². The number of nitrogens with zero attached hydrogens (tertiary/aromatic N) is 1. The number of rotatable bonds is 4. The first kappa shape index (κ1) is 20.0. The van der Waals surface area contributed by atoms with Crippen LogP contribution in [0.5, 0.6) is 0 Å². The number of fused-ring (bicyclic) bond motifs is 2. The van der Waals surface area contributed by atoms with Crippen molar-refractivity contribution in [2.75, 3.05) is 5.73 Å². The van der Waals surface area contributed by atoms with Gasteiger partial charge in [-0.15, -0.1) is 11.3 Å². The van der Waals surface area contributed by atoms with Crippen molar-refractivity contribution in [3.8, 4) is 0 Å². The van der Waals surface area contributed by atoms with Crippen LogP contribution in [0.4, 0.5) is 5.69 Å². The first-order valence-corrected chi connectivity index (χ1v) is 13.3. The summed E-state index contributed by atoms with van der Waals surface area (Å²) in [5.41, 5.74) is 10.0. The molecule has 4 bridgehead atoms. The van der Waals surface area contributed by atoms with Gasteiger partial charge in [0.15, 0.2) is 0 Å². The molecule has 0 spiro atoms. The molecule has 3 N–H and O–H groups in total. The predicted molar refractivity (Wildman–Crippen MR) is 127 cm³/mol. The zero-order chi connectivity index (χ0) is 21.3. The van der Waals surface area contributed by atoms with E-state index in [4.69, 9.17) is 10.7 Å². The molecule has 0 radical (unpaired) electrons. The minimum Gasteiger partial charge on any atom is -0.397 e. The largest absolute Gasteiger partial charge is 0.397 e. The van der Waals surface area contributed by atoms with Crippen molar-refractivity contribution >= 4 is 33.1 Å². The molecule has 1 amide bonds. The number of aryl methyl sites for hydroxylation is 1. The topological polar surface area (TPSA) is 68.0 Å². The van der Waals surface area contributed by atoms with Crippen molar-refractivity contribution in [3.63, 3.8) is 0 Å². The summed E-state index contributed by atoms with van der Waals surface area (Å²) < 4.78 is 0. The summed E-state index contributed by atoms with van der Waals surface area (Å²) in [7, 11) is 0. The summed E-state index contributed by atoms with van der Waals surface area (Å²) in [6.45, 7) is 4.52. The van der Waals surface area contributed by atoms with Crippen LogP contribution in [0.3, 0.4) is 0 Å². The maximum atomic E-state index is 13.3. The minimum absolute atomic E-state index is 0.00755. The van der Waals surface area contributed by atoms with E-state index < -0.39 is 0 Å². The molecular formula is C26H35N3OS.